The van der Waals surface area contributed by atoms with Crippen LogP contribution in [0.3, 0.4) is 0 Å². The number of hydrogen-bond donors (Lipinski definition) is 0. The van der Waals surface area contributed by atoms with Gasteiger partial charge < -0.3 is 4.52 Å². The summed E-state index contributed by atoms with van der Waals surface area (Å²) in [4.78, 5) is 16.3. The molecule has 0 amide bonds. The Morgan fingerprint density at radius 3 is 2.23 bits per heavy atom. The van der Waals surface area contributed by atoms with E-state index in [4.69, 9.17) is 32.2 Å². The minimum Gasteiger partial charge on any atom is -0.334 e. The van der Waals surface area contributed by atoms with Crippen LogP contribution in [0.4, 0.5) is 0 Å². The Morgan fingerprint density at radius 1 is 0.885 bits per heavy atom. The summed E-state index contributed by atoms with van der Waals surface area (Å²) in [5.41, 5.74) is 1.17. The lowest BCUT2D eigenvalue weighted by Crippen LogP contribution is -2.17. The molecule has 0 aliphatic carbocycles. The Labute approximate surface area is 156 Å². The number of benzene rings is 2. The van der Waals surface area contributed by atoms with E-state index in [1.54, 1.807) is 42.5 Å². The molecule has 0 bridgehead atoms. The molecule has 7 nitrogen and oxygen atoms in total. The van der Waals surface area contributed by atoms with Gasteiger partial charge in [0.2, 0.25) is 0 Å². The largest absolute Gasteiger partial charge is 0.442 e. The van der Waals surface area contributed by atoms with Gasteiger partial charge in [0.05, 0.1) is 22.2 Å². The van der Waals surface area contributed by atoms with Gasteiger partial charge in [0.25, 0.3) is 5.89 Å². The van der Waals surface area contributed by atoms with E-state index in [9.17, 15) is 4.79 Å². The van der Waals surface area contributed by atoms with Gasteiger partial charge in [0.15, 0.2) is 11.6 Å². The van der Waals surface area contributed by atoms with Crippen LogP contribution in [0.1, 0.15) is 5.82 Å². The van der Waals surface area contributed by atoms with E-state index in [2.05, 4.69) is 15.3 Å². The first kappa shape index (κ1) is 16.6. The SMILES string of the molecule is O=c1onc(-c2ccccc2Cl)n1Cc1noc(-c2ccccc2Cl)n1. The summed E-state index contributed by atoms with van der Waals surface area (Å²) in [6, 6.07) is 14.1. The van der Waals surface area contributed by atoms with Crippen LogP contribution in [0.5, 0.6) is 0 Å². The summed E-state index contributed by atoms with van der Waals surface area (Å²) in [6.45, 7) is 0.0108. The zero-order valence-corrected chi connectivity index (χ0v) is 14.6. The van der Waals surface area contributed by atoms with E-state index in [-0.39, 0.29) is 24.1 Å². The van der Waals surface area contributed by atoms with Crippen molar-refractivity contribution in [3.05, 3.63) is 75.0 Å². The molecule has 0 aliphatic heterocycles. The summed E-state index contributed by atoms with van der Waals surface area (Å²) < 4.78 is 11.3. The van der Waals surface area contributed by atoms with Gasteiger partial charge in [-0.05, 0) is 24.3 Å². The lowest BCUT2D eigenvalue weighted by molar-refractivity contribution is 0.376. The van der Waals surface area contributed by atoms with Crippen LogP contribution in [0.25, 0.3) is 22.8 Å². The molecule has 4 aromatic rings. The van der Waals surface area contributed by atoms with Crippen molar-refractivity contribution in [2.45, 2.75) is 6.54 Å². The van der Waals surface area contributed by atoms with Gasteiger partial charge in [-0.2, -0.15) is 4.98 Å². The summed E-state index contributed by atoms with van der Waals surface area (Å²) in [5, 5.41) is 8.64. The molecule has 0 saturated carbocycles. The number of nitrogens with zero attached hydrogens (tertiary/aromatic N) is 4. The van der Waals surface area contributed by atoms with E-state index in [1.165, 1.54) is 4.57 Å². The third-order valence-corrected chi connectivity index (χ3v) is 4.33. The molecule has 130 valence electrons. The number of rotatable bonds is 4. The predicted molar refractivity (Wildman–Crippen MR) is 95.1 cm³/mol. The molecule has 0 unspecified atom stereocenters. The Balaban J connectivity index is 1.70. The van der Waals surface area contributed by atoms with Gasteiger partial charge in [0, 0.05) is 5.56 Å². The molecule has 0 atom stereocenters. The first-order valence-electron chi connectivity index (χ1n) is 7.52. The van der Waals surface area contributed by atoms with Crippen molar-refractivity contribution in [3.63, 3.8) is 0 Å². The number of halogens is 2. The molecular weight excluding hydrogens is 379 g/mol. The van der Waals surface area contributed by atoms with Gasteiger partial charge in [-0.15, -0.1) is 0 Å². The minimum atomic E-state index is -0.649. The first-order chi connectivity index (χ1) is 12.6. The van der Waals surface area contributed by atoms with Crippen LogP contribution < -0.4 is 5.76 Å². The van der Waals surface area contributed by atoms with Gasteiger partial charge in [0.1, 0.15) is 0 Å². The quantitative estimate of drug-likeness (QED) is 0.526. The molecule has 0 saturated heterocycles. The van der Waals surface area contributed by atoms with Crippen molar-refractivity contribution < 1.29 is 9.05 Å². The fourth-order valence-corrected chi connectivity index (χ4v) is 2.88. The van der Waals surface area contributed by atoms with E-state index < -0.39 is 5.76 Å². The Hall–Kier alpha value is -2.90. The lowest BCUT2D eigenvalue weighted by atomic mass is 10.2. The zero-order chi connectivity index (χ0) is 18.1. The maximum absolute atomic E-state index is 12.0. The third-order valence-electron chi connectivity index (χ3n) is 3.67. The molecule has 4 rings (SSSR count). The standard InChI is InChI=1S/C17H10Cl2N4O3/c18-12-7-3-1-5-10(12)15-22-26-17(24)23(15)9-14-20-16(25-21-14)11-6-2-4-8-13(11)19/h1-8H,9H2. The van der Waals surface area contributed by atoms with Crippen molar-refractivity contribution in [1.82, 2.24) is 19.9 Å². The molecule has 0 spiro atoms. The number of aromatic nitrogens is 4. The molecule has 2 aromatic heterocycles. The summed E-state index contributed by atoms with van der Waals surface area (Å²) in [5.74, 6) is 0.168. The molecular formula is C17H10Cl2N4O3. The molecule has 0 radical (unpaired) electrons. The highest BCUT2D eigenvalue weighted by Gasteiger charge is 2.18. The van der Waals surface area contributed by atoms with E-state index >= 15 is 0 Å². The van der Waals surface area contributed by atoms with Crippen LogP contribution in [0, 0.1) is 0 Å². The zero-order valence-electron chi connectivity index (χ0n) is 13.1. The predicted octanol–water partition coefficient (Wildman–Crippen LogP) is 3.91. The molecule has 0 aliphatic rings. The van der Waals surface area contributed by atoms with Crippen LogP contribution in [-0.4, -0.2) is 19.9 Å². The normalized spacial score (nSPS) is 11.0. The van der Waals surface area contributed by atoms with Crippen molar-refractivity contribution >= 4 is 23.2 Å². The molecule has 2 aromatic carbocycles. The average molecular weight is 389 g/mol. The first-order valence-corrected chi connectivity index (χ1v) is 8.28. The summed E-state index contributed by atoms with van der Waals surface area (Å²) in [7, 11) is 0. The van der Waals surface area contributed by atoms with Gasteiger partial charge >= 0.3 is 5.76 Å². The summed E-state index contributed by atoms with van der Waals surface area (Å²) >= 11 is 12.3. The fraction of sp³-hybridized carbons (Fsp3) is 0.0588. The molecule has 2 heterocycles. The van der Waals surface area contributed by atoms with E-state index in [1.807, 2.05) is 6.07 Å². The third kappa shape index (κ3) is 3.02. The Kier molecular flexibility index (Phi) is 4.32. The van der Waals surface area contributed by atoms with E-state index in [0.717, 1.165) is 0 Å². The van der Waals surface area contributed by atoms with E-state index in [0.29, 0.717) is 21.2 Å². The van der Waals surface area contributed by atoms with Crippen molar-refractivity contribution in [1.29, 1.82) is 0 Å². The molecule has 0 fully saturated rings. The maximum atomic E-state index is 12.0. The highest BCUT2D eigenvalue weighted by atomic mass is 35.5. The number of hydrogen-bond acceptors (Lipinski definition) is 6. The van der Waals surface area contributed by atoms with Crippen LogP contribution in [0.2, 0.25) is 10.0 Å². The molecule has 9 heteroatoms. The maximum Gasteiger partial charge on any atom is 0.442 e. The molecule has 0 N–H and O–H groups in total. The monoisotopic (exact) mass is 388 g/mol. The van der Waals surface area contributed by atoms with Crippen molar-refractivity contribution in [3.8, 4) is 22.8 Å². The average Bonchev–Trinajstić information content (AvgIpc) is 3.24. The Morgan fingerprint density at radius 2 is 1.54 bits per heavy atom. The second-order valence-corrected chi connectivity index (χ2v) is 6.15. The fourth-order valence-electron chi connectivity index (χ4n) is 2.45. The lowest BCUT2D eigenvalue weighted by Gasteiger charge is -2.03. The smallest absolute Gasteiger partial charge is 0.334 e. The van der Waals surface area contributed by atoms with Crippen molar-refractivity contribution in [2.24, 2.45) is 0 Å². The van der Waals surface area contributed by atoms with Gasteiger partial charge in [-0.25, -0.2) is 9.36 Å². The van der Waals surface area contributed by atoms with Crippen LogP contribution >= 0.6 is 23.2 Å². The second-order valence-electron chi connectivity index (χ2n) is 5.33. The van der Waals surface area contributed by atoms with Crippen LogP contribution in [0.15, 0.2) is 62.4 Å². The van der Waals surface area contributed by atoms with Crippen molar-refractivity contribution in [2.75, 3.05) is 0 Å². The Bertz CT molecular complexity index is 1130. The minimum absolute atomic E-state index is 0.0108. The van der Waals surface area contributed by atoms with Crippen LogP contribution in [-0.2, 0) is 6.54 Å². The summed E-state index contributed by atoms with van der Waals surface area (Å²) in [6.07, 6.45) is 0. The van der Waals surface area contributed by atoms with Gasteiger partial charge in [-0.3, -0.25) is 4.52 Å². The topological polar surface area (TPSA) is 87.0 Å². The highest BCUT2D eigenvalue weighted by Crippen LogP contribution is 2.27. The highest BCUT2D eigenvalue weighted by molar-refractivity contribution is 6.33. The molecule has 26 heavy (non-hydrogen) atoms. The van der Waals surface area contributed by atoms with Gasteiger partial charge in [-0.1, -0.05) is 57.8 Å². The second kappa shape index (κ2) is 6.78.